The fourth-order valence-corrected chi connectivity index (χ4v) is 1.55. The minimum absolute atomic E-state index is 0.204. The first-order valence-electron chi connectivity index (χ1n) is 6.16. The Morgan fingerprint density at radius 3 is 2.62 bits per heavy atom. The van der Waals surface area contributed by atoms with Crippen molar-refractivity contribution >= 4 is 18.0 Å². The Morgan fingerprint density at radius 2 is 2.14 bits per heavy atom. The van der Waals surface area contributed by atoms with Crippen LogP contribution in [0.1, 0.15) is 17.7 Å². The number of hydrogen-bond acceptors (Lipinski definition) is 5. The van der Waals surface area contributed by atoms with Crippen molar-refractivity contribution in [3.8, 4) is 0 Å². The van der Waals surface area contributed by atoms with Gasteiger partial charge in [-0.3, -0.25) is 9.48 Å². The van der Waals surface area contributed by atoms with Gasteiger partial charge in [0.15, 0.2) is 0 Å². The van der Waals surface area contributed by atoms with Crippen molar-refractivity contribution in [3.63, 3.8) is 0 Å². The molecule has 1 atom stereocenters. The van der Waals surface area contributed by atoms with E-state index in [2.05, 4.69) is 20.5 Å². The highest BCUT2D eigenvalue weighted by atomic mass is 16.5. The normalized spacial score (nSPS) is 11.6. The largest absolute Gasteiger partial charge is 0.480 e. The van der Waals surface area contributed by atoms with Crippen molar-refractivity contribution in [2.45, 2.75) is 25.9 Å². The maximum atomic E-state index is 11.7. The number of urea groups is 1. The van der Waals surface area contributed by atoms with E-state index in [1.54, 1.807) is 17.9 Å². The Balaban J connectivity index is 2.52. The molecule has 116 valence electrons. The summed E-state index contributed by atoms with van der Waals surface area (Å²) >= 11 is 0. The predicted octanol–water partition coefficient (Wildman–Crippen LogP) is -0.456. The number of carbonyl (C=O) groups is 3. The molecule has 21 heavy (non-hydrogen) atoms. The van der Waals surface area contributed by atoms with E-state index in [9.17, 15) is 14.4 Å². The van der Waals surface area contributed by atoms with Crippen LogP contribution < -0.4 is 10.6 Å². The Hall–Kier alpha value is -2.58. The molecule has 0 saturated carbocycles. The molecule has 0 aliphatic rings. The van der Waals surface area contributed by atoms with Gasteiger partial charge in [-0.15, -0.1) is 0 Å². The van der Waals surface area contributed by atoms with Gasteiger partial charge in [0.25, 0.3) is 0 Å². The van der Waals surface area contributed by atoms with Gasteiger partial charge in [-0.1, -0.05) is 0 Å². The maximum absolute atomic E-state index is 11.7. The van der Waals surface area contributed by atoms with Gasteiger partial charge in [-0.25, -0.2) is 9.59 Å². The summed E-state index contributed by atoms with van der Waals surface area (Å²) in [6.45, 7) is 2.05. The van der Waals surface area contributed by atoms with Crippen molar-refractivity contribution in [2.24, 2.45) is 7.05 Å². The molecular formula is C12H18N4O5. The summed E-state index contributed by atoms with van der Waals surface area (Å²) < 4.78 is 6.03. The Kier molecular flexibility index (Phi) is 5.70. The summed E-state index contributed by atoms with van der Waals surface area (Å²) in [5.74, 6) is -2.03. The number of rotatable bonds is 6. The summed E-state index contributed by atoms with van der Waals surface area (Å²) in [5.41, 5.74) is 1.70. The van der Waals surface area contributed by atoms with Crippen LogP contribution in [0.15, 0.2) is 6.20 Å². The lowest BCUT2D eigenvalue weighted by Crippen LogP contribution is -2.46. The number of amides is 2. The van der Waals surface area contributed by atoms with Gasteiger partial charge in [-0.2, -0.15) is 5.10 Å². The molecule has 0 aliphatic heterocycles. The number of esters is 1. The van der Waals surface area contributed by atoms with Crippen LogP contribution >= 0.6 is 0 Å². The molecule has 0 saturated heterocycles. The Morgan fingerprint density at radius 1 is 1.48 bits per heavy atom. The Labute approximate surface area is 121 Å². The first kappa shape index (κ1) is 16.5. The topological polar surface area (TPSA) is 123 Å². The van der Waals surface area contributed by atoms with E-state index in [0.717, 1.165) is 18.4 Å². The lowest BCUT2D eigenvalue weighted by Gasteiger charge is -2.14. The number of aliphatic carboxylic acids is 1. The van der Waals surface area contributed by atoms with Gasteiger partial charge in [-0.05, 0) is 6.92 Å². The summed E-state index contributed by atoms with van der Waals surface area (Å²) in [4.78, 5) is 33.7. The summed E-state index contributed by atoms with van der Waals surface area (Å²) in [6.07, 6.45) is 1.17. The number of carbonyl (C=O) groups excluding carboxylic acids is 2. The van der Waals surface area contributed by atoms with Gasteiger partial charge in [0.05, 0.1) is 19.7 Å². The van der Waals surface area contributed by atoms with Crippen LogP contribution in [0.3, 0.4) is 0 Å². The van der Waals surface area contributed by atoms with Gasteiger partial charge in [0.1, 0.15) is 6.04 Å². The van der Waals surface area contributed by atoms with Crippen molar-refractivity contribution in [1.29, 1.82) is 0 Å². The molecule has 1 aromatic rings. The second kappa shape index (κ2) is 7.27. The molecule has 0 aromatic carbocycles. The van der Waals surface area contributed by atoms with E-state index in [1.807, 2.05) is 6.92 Å². The van der Waals surface area contributed by atoms with Crippen LogP contribution in [0.4, 0.5) is 4.79 Å². The van der Waals surface area contributed by atoms with E-state index in [4.69, 9.17) is 5.11 Å². The average molecular weight is 298 g/mol. The highest BCUT2D eigenvalue weighted by Gasteiger charge is 2.23. The molecule has 0 bridgehead atoms. The second-order valence-corrected chi connectivity index (χ2v) is 4.38. The van der Waals surface area contributed by atoms with Crippen LogP contribution in [-0.2, 0) is 27.9 Å². The predicted molar refractivity (Wildman–Crippen MR) is 71.4 cm³/mol. The molecular weight excluding hydrogens is 280 g/mol. The monoisotopic (exact) mass is 298 g/mol. The zero-order chi connectivity index (χ0) is 16.0. The van der Waals surface area contributed by atoms with Crippen LogP contribution in [0, 0.1) is 6.92 Å². The minimum atomic E-state index is -1.34. The minimum Gasteiger partial charge on any atom is -0.480 e. The molecule has 0 fully saturated rings. The molecule has 9 nitrogen and oxygen atoms in total. The summed E-state index contributed by atoms with van der Waals surface area (Å²) in [5, 5.41) is 17.7. The third kappa shape index (κ3) is 4.79. The van der Waals surface area contributed by atoms with Crippen molar-refractivity contribution in [1.82, 2.24) is 20.4 Å². The molecule has 1 aromatic heterocycles. The standard InChI is InChI=1S/C12H18N4O5/c1-7-8(6-14-16(7)2)5-13-12(20)15-9(11(18)19)4-10(17)21-3/h6,9H,4-5H2,1-3H3,(H,18,19)(H2,13,15,20)/t9-/m0/s1. The number of methoxy groups -OCH3 is 1. The molecule has 1 rings (SSSR count). The first-order chi connectivity index (χ1) is 9.85. The molecule has 0 spiro atoms. The van der Waals surface area contributed by atoms with Crippen LogP contribution in [0.25, 0.3) is 0 Å². The molecule has 3 N–H and O–H groups in total. The number of aromatic nitrogens is 2. The first-order valence-corrected chi connectivity index (χ1v) is 6.16. The number of hydrogen-bond donors (Lipinski definition) is 3. The number of aryl methyl sites for hydroxylation is 1. The average Bonchev–Trinajstić information content (AvgIpc) is 2.75. The maximum Gasteiger partial charge on any atom is 0.326 e. The van der Waals surface area contributed by atoms with Gasteiger partial charge >= 0.3 is 18.0 Å². The number of nitrogens with zero attached hydrogens (tertiary/aromatic N) is 2. The van der Waals surface area contributed by atoms with E-state index in [1.165, 1.54) is 0 Å². The van der Waals surface area contributed by atoms with E-state index < -0.39 is 30.4 Å². The molecule has 9 heteroatoms. The van der Waals surface area contributed by atoms with Crippen LogP contribution in [-0.4, -0.2) is 46.0 Å². The van der Waals surface area contributed by atoms with Crippen LogP contribution in [0.2, 0.25) is 0 Å². The van der Waals surface area contributed by atoms with Crippen molar-refractivity contribution < 1.29 is 24.2 Å². The van der Waals surface area contributed by atoms with E-state index in [-0.39, 0.29) is 6.54 Å². The quantitative estimate of drug-likeness (QED) is 0.611. The number of carboxylic acids is 1. The lowest BCUT2D eigenvalue weighted by molar-refractivity contribution is -0.147. The van der Waals surface area contributed by atoms with E-state index in [0.29, 0.717) is 0 Å². The highest BCUT2D eigenvalue weighted by molar-refractivity contribution is 5.86. The van der Waals surface area contributed by atoms with Crippen molar-refractivity contribution in [3.05, 3.63) is 17.5 Å². The summed E-state index contributed by atoms with van der Waals surface area (Å²) in [7, 11) is 2.92. The molecule has 1 heterocycles. The van der Waals surface area contributed by atoms with Gasteiger partial charge in [0.2, 0.25) is 0 Å². The smallest absolute Gasteiger partial charge is 0.326 e. The highest BCUT2D eigenvalue weighted by Crippen LogP contribution is 2.04. The molecule has 2 amide bonds. The summed E-state index contributed by atoms with van der Waals surface area (Å²) in [6, 6.07) is -2.03. The molecule has 0 unspecified atom stereocenters. The Bertz CT molecular complexity index is 540. The number of nitrogens with one attached hydrogen (secondary N) is 2. The van der Waals surface area contributed by atoms with Crippen LogP contribution in [0.5, 0.6) is 0 Å². The fraction of sp³-hybridized carbons (Fsp3) is 0.500. The lowest BCUT2D eigenvalue weighted by atomic mass is 10.2. The third-order valence-electron chi connectivity index (χ3n) is 2.98. The molecule has 0 radical (unpaired) electrons. The number of ether oxygens (including phenoxy) is 1. The van der Waals surface area contributed by atoms with E-state index >= 15 is 0 Å². The zero-order valence-electron chi connectivity index (χ0n) is 12.0. The molecule has 0 aliphatic carbocycles. The van der Waals surface area contributed by atoms with Gasteiger partial charge < -0.3 is 20.5 Å². The zero-order valence-corrected chi connectivity index (χ0v) is 12.0. The fourth-order valence-electron chi connectivity index (χ4n) is 1.55. The number of carboxylic acid groups (broad SMARTS) is 1. The van der Waals surface area contributed by atoms with Gasteiger partial charge in [0, 0.05) is 24.8 Å². The second-order valence-electron chi connectivity index (χ2n) is 4.38. The van der Waals surface area contributed by atoms with Crippen molar-refractivity contribution in [2.75, 3.05) is 7.11 Å². The third-order valence-corrected chi connectivity index (χ3v) is 2.98. The SMILES string of the molecule is COC(=O)C[C@H](NC(=O)NCc1cnn(C)c1C)C(=O)O.